The van der Waals surface area contributed by atoms with Gasteiger partial charge in [-0.15, -0.1) is 0 Å². The molecule has 2 amide bonds. The molecule has 0 spiro atoms. The van der Waals surface area contributed by atoms with Gasteiger partial charge in [0.15, 0.2) is 0 Å². The van der Waals surface area contributed by atoms with Crippen LogP contribution in [-0.4, -0.2) is 23.8 Å². The Morgan fingerprint density at radius 3 is 2.57 bits per heavy atom. The molecule has 2 aromatic carbocycles. The molecule has 3 rings (SSSR count). The fourth-order valence-electron chi connectivity index (χ4n) is 2.37. The van der Waals surface area contributed by atoms with E-state index in [1.807, 2.05) is 42.5 Å². The van der Waals surface area contributed by atoms with Crippen molar-refractivity contribution < 1.29 is 14.3 Å². The summed E-state index contributed by atoms with van der Waals surface area (Å²) in [6.07, 6.45) is 1.32. The fourth-order valence-corrected chi connectivity index (χ4v) is 2.37. The number of amides is 2. The zero-order chi connectivity index (χ0) is 16.2. The average Bonchev–Trinajstić information content (AvgIpc) is 2.83. The van der Waals surface area contributed by atoms with E-state index < -0.39 is 0 Å². The molecular formula is C18H16N2O3. The molecule has 0 bridgehead atoms. The molecule has 0 aromatic heterocycles. The Hall–Kier alpha value is -3.08. The van der Waals surface area contributed by atoms with Crippen LogP contribution >= 0.6 is 0 Å². The first-order valence-electron chi connectivity index (χ1n) is 7.20. The standard InChI is InChI=1S/C18H16N2O3/c1-23-15-9-5-8-14(10-15)19-16-11-17(21)20(18(16)22)12-13-6-3-2-4-7-13/h2-11,19H,12H2,1H3. The lowest BCUT2D eigenvalue weighted by atomic mass is 10.2. The molecule has 2 aromatic rings. The van der Waals surface area contributed by atoms with Crippen molar-refractivity contribution in [1.82, 2.24) is 4.90 Å². The number of imide groups is 1. The molecule has 0 unspecified atom stereocenters. The topological polar surface area (TPSA) is 58.6 Å². The van der Waals surface area contributed by atoms with E-state index in [0.29, 0.717) is 11.4 Å². The summed E-state index contributed by atoms with van der Waals surface area (Å²) in [5.41, 5.74) is 1.86. The molecule has 0 aliphatic carbocycles. The van der Waals surface area contributed by atoms with E-state index >= 15 is 0 Å². The molecule has 1 heterocycles. The Bertz CT molecular complexity index is 769. The first-order valence-corrected chi connectivity index (χ1v) is 7.20. The number of anilines is 1. The third-order valence-corrected chi connectivity index (χ3v) is 3.54. The molecule has 1 aliphatic heterocycles. The summed E-state index contributed by atoms with van der Waals surface area (Å²) in [5, 5.41) is 2.98. The van der Waals surface area contributed by atoms with Crippen molar-refractivity contribution in [1.29, 1.82) is 0 Å². The van der Waals surface area contributed by atoms with Crippen LogP contribution in [0.3, 0.4) is 0 Å². The predicted octanol–water partition coefficient (Wildman–Crippen LogP) is 2.56. The fraction of sp³-hybridized carbons (Fsp3) is 0.111. The van der Waals surface area contributed by atoms with E-state index in [0.717, 1.165) is 5.56 Å². The monoisotopic (exact) mass is 308 g/mol. The summed E-state index contributed by atoms with van der Waals surface area (Å²) in [6, 6.07) is 16.6. The van der Waals surface area contributed by atoms with Crippen LogP contribution in [-0.2, 0) is 16.1 Å². The van der Waals surface area contributed by atoms with E-state index in [4.69, 9.17) is 4.74 Å². The molecular weight excluding hydrogens is 292 g/mol. The number of nitrogens with zero attached hydrogens (tertiary/aromatic N) is 1. The Labute approximate surface area is 134 Å². The van der Waals surface area contributed by atoms with Gasteiger partial charge in [-0.05, 0) is 17.7 Å². The molecule has 0 saturated carbocycles. The minimum atomic E-state index is -0.332. The highest BCUT2D eigenvalue weighted by Gasteiger charge is 2.31. The van der Waals surface area contributed by atoms with Crippen molar-refractivity contribution in [2.24, 2.45) is 0 Å². The lowest BCUT2D eigenvalue weighted by Crippen LogP contribution is -2.31. The van der Waals surface area contributed by atoms with E-state index in [2.05, 4.69) is 5.32 Å². The van der Waals surface area contributed by atoms with Crippen LogP contribution in [0.4, 0.5) is 5.69 Å². The molecule has 0 radical (unpaired) electrons. The minimum absolute atomic E-state index is 0.262. The number of benzene rings is 2. The Kier molecular flexibility index (Phi) is 4.10. The van der Waals surface area contributed by atoms with Crippen LogP contribution in [0.1, 0.15) is 5.56 Å². The molecule has 23 heavy (non-hydrogen) atoms. The number of rotatable bonds is 5. The summed E-state index contributed by atoms with van der Waals surface area (Å²) in [7, 11) is 1.57. The smallest absolute Gasteiger partial charge is 0.277 e. The Balaban J connectivity index is 1.73. The van der Waals surface area contributed by atoms with Crippen molar-refractivity contribution in [3.8, 4) is 5.75 Å². The summed E-state index contributed by atoms with van der Waals surface area (Å²) in [6.45, 7) is 0.262. The van der Waals surface area contributed by atoms with E-state index in [1.165, 1.54) is 11.0 Å². The highest BCUT2D eigenvalue weighted by Crippen LogP contribution is 2.22. The van der Waals surface area contributed by atoms with Gasteiger partial charge in [-0.2, -0.15) is 0 Å². The van der Waals surface area contributed by atoms with Crippen molar-refractivity contribution in [2.45, 2.75) is 6.54 Å². The van der Waals surface area contributed by atoms with Gasteiger partial charge in [0.2, 0.25) is 0 Å². The lowest BCUT2D eigenvalue weighted by Gasteiger charge is -2.15. The number of methoxy groups -OCH3 is 1. The molecule has 1 aliphatic rings. The number of ether oxygens (including phenoxy) is 1. The SMILES string of the molecule is COc1cccc(NC2=CC(=O)N(Cc3ccccc3)C2=O)c1. The van der Waals surface area contributed by atoms with Crippen LogP contribution < -0.4 is 10.1 Å². The molecule has 1 N–H and O–H groups in total. The van der Waals surface area contributed by atoms with Crippen LogP contribution in [0.2, 0.25) is 0 Å². The molecule has 0 fully saturated rings. The Morgan fingerprint density at radius 1 is 1.04 bits per heavy atom. The third kappa shape index (κ3) is 3.23. The first kappa shape index (κ1) is 14.8. The van der Waals surface area contributed by atoms with Gasteiger partial charge in [-0.1, -0.05) is 36.4 Å². The zero-order valence-corrected chi connectivity index (χ0v) is 12.7. The molecule has 116 valence electrons. The summed E-state index contributed by atoms with van der Waals surface area (Å²) in [5.74, 6) is 0.0273. The van der Waals surface area contributed by atoms with Crippen LogP contribution in [0.15, 0.2) is 66.4 Å². The second-order valence-corrected chi connectivity index (χ2v) is 5.13. The number of hydrogen-bond donors (Lipinski definition) is 1. The van der Waals surface area contributed by atoms with Gasteiger partial charge in [-0.25, -0.2) is 0 Å². The minimum Gasteiger partial charge on any atom is -0.497 e. The van der Waals surface area contributed by atoms with Gasteiger partial charge in [0.05, 0.1) is 13.7 Å². The van der Waals surface area contributed by atoms with Gasteiger partial charge in [-0.3, -0.25) is 14.5 Å². The predicted molar refractivity (Wildman–Crippen MR) is 86.7 cm³/mol. The number of hydrogen-bond acceptors (Lipinski definition) is 4. The summed E-state index contributed by atoms with van der Waals surface area (Å²) < 4.78 is 5.15. The van der Waals surface area contributed by atoms with Crippen molar-refractivity contribution in [3.63, 3.8) is 0 Å². The molecule has 5 nitrogen and oxygen atoms in total. The van der Waals surface area contributed by atoms with Gasteiger partial charge in [0.1, 0.15) is 11.4 Å². The van der Waals surface area contributed by atoms with E-state index in [-0.39, 0.29) is 24.1 Å². The van der Waals surface area contributed by atoms with E-state index in [9.17, 15) is 9.59 Å². The van der Waals surface area contributed by atoms with Crippen LogP contribution in [0.5, 0.6) is 5.75 Å². The molecule has 0 saturated heterocycles. The normalized spacial score (nSPS) is 14.0. The van der Waals surface area contributed by atoms with Gasteiger partial charge < -0.3 is 10.1 Å². The van der Waals surface area contributed by atoms with Gasteiger partial charge >= 0.3 is 0 Å². The van der Waals surface area contributed by atoms with Gasteiger partial charge in [0, 0.05) is 17.8 Å². The summed E-state index contributed by atoms with van der Waals surface area (Å²) >= 11 is 0. The number of nitrogens with one attached hydrogen (secondary N) is 1. The van der Waals surface area contributed by atoms with Crippen molar-refractivity contribution >= 4 is 17.5 Å². The average molecular weight is 308 g/mol. The number of carbonyl (C=O) groups excluding carboxylic acids is 2. The van der Waals surface area contributed by atoms with Crippen LogP contribution in [0, 0.1) is 0 Å². The maximum atomic E-state index is 12.4. The number of carbonyl (C=O) groups is 2. The largest absolute Gasteiger partial charge is 0.497 e. The van der Waals surface area contributed by atoms with Crippen molar-refractivity contribution in [3.05, 3.63) is 71.9 Å². The third-order valence-electron chi connectivity index (χ3n) is 3.54. The lowest BCUT2D eigenvalue weighted by molar-refractivity contribution is -0.137. The zero-order valence-electron chi connectivity index (χ0n) is 12.7. The molecule has 0 atom stereocenters. The Morgan fingerprint density at radius 2 is 1.83 bits per heavy atom. The van der Waals surface area contributed by atoms with Gasteiger partial charge in [0.25, 0.3) is 11.8 Å². The quantitative estimate of drug-likeness (QED) is 0.863. The summed E-state index contributed by atoms with van der Waals surface area (Å²) in [4.78, 5) is 25.7. The van der Waals surface area contributed by atoms with Crippen LogP contribution in [0.25, 0.3) is 0 Å². The maximum absolute atomic E-state index is 12.4. The van der Waals surface area contributed by atoms with E-state index in [1.54, 1.807) is 19.2 Å². The maximum Gasteiger partial charge on any atom is 0.277 e. The highest BCUT2D eigenvalue weighted by atomic mass is 16.5. The highest BCUT2D eigenvalue weighted by molar-refractivity contribution is 6.17. The second-order valence-electron chi connectivity index (χ2n) is 5.13. The first-order chi connectivity index (χ1) is 11.2. The molecule has 5 heteroatoms. The second kappa shape index (κ2) is 6.36. The van der Waals surface area contributed by atoms with Crippen molar-refractivity contribution in [2.75, 3.05) is 12.4 Å².